The molecule has 82 valence electrons. The lowest BCUT2D eigenvalue weighted by Crippen LogP contribution is -2.07. The van der Waals surface area contributed by atoms with Crippen molar-refractivity contribution in [1.82, 2.24) is 9.97 Å². The Bertz CT molecular complexity index is 445. The third-order valence-corrected chi connectivity index (χ3v) is 2.37. The van der Waals surface area contributed by atoms with Gasteiger partial charge in [-0.3, -0.25) is 0 Å². The lowest BCUT2D eigenvalue weighted by molar-refractivity contribution is 0.984. The smallest absolute Gasteiger partial charge is 0.224 e. The van der Waals surface area contributed by atoms with Gasteiger partial charge in [0.05, 0.1) is 0 Å². The van der Waals surface area contributed by atoms with E-state index in [2.05, 4.69) is 27.4 Å². The summed E-state index contributed by atoms with van der Waals surface area (Å²) in [5.41, 5.74) is 1.29. The van der Waals surface area contributed by atoms with Crippen molar-refractivity contribution in [3.63, 3.8) is 0 Å². The molecular formula is C12H12ClN3. The summed E-state index contributed by atoms with van der Waals surface area (Å²) in [4.78, 5) is 8.11. The van der Waals surface area contributed by atoms with E-state index in [1.807, 2.05) is 18.2 Å². The molecule has 0 unspecified atom stereocenters. The van der Waals surface area contributed by atoms with Gasteiger partial charge >= 0.3 is 0 Å². The minimum absolute atomic E-state index is 0.456. The summed E-state index contributed by atoms with van der Waals surface area (Å²) in [5, 5.41) is 3.58. The van der Waals surface area contributed by atoms with Gasteiger partial charge in [0.15, 0.2) is 0 Å². The van der Waals surface area contributed by atoms with Gasteiger partial charge in [-0.2, -0.15) is 0 Å². The fraction of sp³-hybridized carbons (Fsp3) is 0.167. The zero-order valence-electron chi connectivity index (χ0n) is 8.73. The molecule has 1 aromatic heterocycles. The topological polar surface area (TPSA) is 37.8 Å². The molecule has 0 aliphatic carbocycles. The highest BCUT2D eigenvalue weighted by Crippen LogP contribution is 2.06. The first-order valence-corrected chi connectivity index (χ1v) is 5.49. The molecule has 0 bridgehead atoms. The molecule has 1 aromatic carbocycles. The van der Waals surface area contributed by atoms with Gasteiger partial charge in [-0.05, 0) is 18.1 Å². The molecule has 0 aliphatic heterocycles. The van der Waals surface area contributed by atoms with Gasteiger partial charge in [-0.25, -0.2) is 9.97 Å². The van der Waals surface area contributed by atoms with Crippen LogP contribution >= 0.6 is 11.6 Å². The zero-order chi connectivity index (χ0) is 11.2. The van der Waals surface area contributed by atoms with Gasteiger partial charge in [-0.1, -0.05) is 41.9 Å². The first-order valence-electron chi connectivity index (χ1n) is 5.11. The van der Waals surface area contributed by atoms with E-state index in [0.717, 1.165) is 13.0 Å². The Morgan fingerprint density at radius 2 is 1.94 bits per heavy atom. The van der Waals surface area contributed by atoms with Crippen LogP contribution in [-0.4, -0.2) is 16.5 Å². The molecule has 16 heavy (non-hydrogen) atoms. The number of halogens is 1. The zero-order valence-corrected chi connectivity index (χ0v) is 9.48. The summed E-state index contributed by atoms with van der Waals surface area (Å²) in [6.45, 7) is 0.796. The average Bonchev–Trinajstić information content (AvgIpc) is 2.30. The van der Waals surface area contributed by atoms with Crippen molar-refractivity contribution in [2.75, 3.05) is 11.9 Å². The first kappa shape index (κ1) is 10.9. The molecule has 3 nitrogen and oxygen atoms in total. The second-order valence-electron chi connectivity index (χ2n) is 3.37. The summed E-state index contributed by atoms with van der Waals surface area (Å²) in [5.74, 6) is 0.573. The summed E-state index contributed by atoms with van der Waals surface area (Å²) in [6.07, 6.45) is 2.58. The second-order valence-corrected chi connectivity index (χ2v) is 3.75. The van der Waals surface area contributed by atoms with Crippen LogP contribution in [0.3, 0.4) is 0 Å². The molecule has 1 heterocycles. The minimum atomic E-state index is 0.456. The highest BCUT2D eigenvalue weighted by Gasteiger charge is 1.96. The lowest BCUT2D eigenvalue weighted by atomic mass is 10.1. The van der Waals surface area contributed by atoms with Crippen molar-refractivity contribution >= 4 is 17.5 Å². The summed E-state index contributed by atoms with van der Waals surface area (Å²) in [7, 11) is 0. The molecule has 2 rings (SSSR count). The normalized spacial score (nSPS) is 10.1. The van der Waals surface area contributed by atoms with E-state index in [1.54, 1.807) is 12.3 Å². The van der Waals surface area contributed by atoms with Crippen LogP contribution in [0, 0.1) is 0 Å². The molecule has 1 N–H and O–H groups in total. The third-order valence-electron chi connectivity index (χ3n) is 2.16. The van der Waals surface area contributed by atoms with E-state index in [9.17, 15) is 0 Å². The molecule has 0 saturated heterocycles. The van der Waals surface area contributed by atoms with Gasteiger partial charge in [-0.15, -0.1) is 0 Å². The van der Waals surface area contributed by atoms with Crippen molar-refractivity contribution in [3.8, 4) is 0 Å². The molecule has 2 aromatic rings. The maximum atomic E-state index is 5.75. The Balaban J connectivity index is 1.85. The summed E-state index contributed by atoms with van der Waals surface area (Å²) >= 11 is 5.75. The number of rotatable bonds is 4. The van der Waals surface area contributed by atoms with E-state index in [-0.39, 0.29) is 0 Å². The van der Waals surface area contributed by atoms with Crippen LogP contribution in [0.4, 0.5) is 5.95 Å². The number of hydrogen-bond acceptors (Lipinski definition) is 3. The fourth-order valence-corrected chi connectivity index (χ4v) is 1.52. The predicted molar refractivity (Wildman–Crippen MR) is 65.7 cm³/mol. The maximum Gasteiger partial charge on any atom is 0.224 e. The average molecular weight is 234 g/mol. The molecule has 0 spiro atoms. The molecule has 4 heteroatoms. The van der Waals surface area contributed by atoms with Gasteiger partial charge < -0.3 is 5.32 Å². The van der Waals surface area contributed by atoms with Crippen LogP contribution in [-0.2, 0) is 6.42 Å². The standard InChI is InChI=1S/C12H12ClN3/c13-11-7-9-15-12(16-11)14-8-6-10-4-2-1-3-5-10/h1-5,7,9H,6,8H2,(H,14,15,16). The third kappa shape index (κ3) is 3.21. The van der Waals surface area contributed by atoms with Crippen molar-refractivity contribution < 1.29 is 0 Å². The van der Waals surface area contributed by atoms with Crippen molar-refractivity contribution in [3.05, 3.63) is 53.3 Å². The van der Waals surface area contributed by atoms with Crippen LogP contribution in [0.2, 0.25) is 5.15 Å². The van der Waals surface area contributed by atoms with Crippen molar-refractivity contribution in [1.29, 1.82) is 0 Å². The maximum absolute atomic E-state index is 5.75. The van der Waals surface area contributed by atoms with E-state index in [1.165, 1.54) is 5.56 Å². The van der Waals surface area contributed by atoms with Crippen LogP contribution in [0.5, 0.6) is 0 Å². The minimum Gasteiger partial charge on any atom is -0.354 e. The van der Waals surface area contributed by atoms with Crippen molar-refractivity contribution in [2.45, 2.75) is 6.42 Å². The SMILES string of the molecule is Clc1ccnc(NCCc2ccccc2)n1. The Kier molecular flexibility index (Phi) is 3.72. The first-order chi connectivity index (χ1) is 7.84. The molecule has 0 aliphatic rings. The number of benzene rings is 1. The van der Waals surface area contributed by atoms with E-state index >= 15 is 0 Å². The lowest BCUT2D eigenvalue weighted by Gasteiger charge is -2.04. The summed E-state index contributed by atoms with van der Waals surface area (Å²) in [6, 6.07) is 11.9. The Morgan fingerprint density at radius 1 is 1.12 bits per heavy atom. The largest absolute Gasteiger partial charge is 0.354 e. The van der Waals surface area contributed by atoms with E-state index < -0.39 is 0 Å². The molecular weight excluding hydrogens is 222 g/mol. The predicted octanol–water partition coefficient (Wildman–Crippen LogP) is 2.78. The Hall–Kier alpha value is -1.61. The van der Waals surface area contributed by atoms with Crippen LogP contribution in [0.1, 0.15) is 5.56 Å². The number of anilines is 1. The summed E-state index contributed by atoms with van der Waals surface area (Å²) < 4.78 is 0. The van der Waals surface area contributed by atoms with Gasteiger partial charge in [0, 0.05) is 12.7 Å². The van der Waals surface area contributed by atoms with E-state index in [0.29, 0.717) is 11.1 Å². The van der Waals surface area contributed by atoms with Gasteiger partial charge in [0.25, 0.3) is 0 Å². The molecule has 0 radical (unpaired) electrons. The Labute approximate surface area is 99.5 Å². The second kappa shape index (κ2) is 5.47. The fourth-order valence-electron chi connectivity index (χ4n) is 1.39. The Morgan fingerprint density at radius 3 is 2.69 bits per heavy atom. The molecule has 0 amide bonds. The van der Waals surface area contributed by atoms with Crippen LogP contribution in [0.25, 0.3) is 0 Å². The number of aromatic nitrogens is 2. The van der Waals surface area contributed by atoms with Crippen LogP contribution < -0.4 is 5.32 Å². The van der Waals surface area contributed by atoms with Crippen molar-refractivity contribution in [2.24, 2.45) is 0 Å². The molecule has 0 saturated carbocycles. The highest BCUT2D eigenvalue weighted by molar-refractivity contribution is 6.29. The van der Waals surface area contributed by atoms with Gasteiger partial charge in [0.1, 0.15) is 5.15 Å². The number of nitrogens with zero attached hydrogens (tertiary/aromatic N) is 2. The number of hydrogen-bond donors (Lipinski definition) is 1. The number of nitrogens with one attached hydrogen (secondary N) is 1. The van der Waals surface area contributed by atoms with Crippen LogP contribution in [0.15, 0.2) is 42.6 Å². The highest BCUT2D eigenvalue weighted by atomic mass is 35.5. The van der Waals surface area contributed by atoms with Gasteiger partial charge in [0.2, 0.25) is 5.95 Å². The van der Waals surface area contributed by atoms with E-state index in [4.69, 9.17) is 11.6 Å². The molecule has 0 atom stereocenters. The molecule has 0 fully saturated rings. The monoisotopic (exact) mass is 233 g/mol. The quantitative estimate of drug-likeness (QED) is 0.826.